The van der Waals surface area contributed by atoms with E-state index in [4.69, 9.17) is 9.47 Å². The van der Waals surface area contributed by atoms with Crippen molar-refractivity contribution >= 4 is 40.7 Å². The van der Waals surface area contributed by atoms with Gasteiger partial charge in [0, 0.05) is 50.6 Å². The third-order valence-electron chi connectivity index (χ3n) is 9.24. The highest BCUT2D eigenvalue weighted by molar-refractivity contribution is 5.99. The Morgan fingerprint density at radius 2 is 1.73 bits per heavy atom. The van der Waals surface area contributed by atoms with Crippen molar-refractivity contribution in [3.8, 4) is 5.75 Å². The fourth-order valence-electron chi connectivity index (χ4n) is 6.38. The Bertz CT molecular complexity index is 1820. The molecule has 2 aliphatic heterocycles. The summed E-state index contributed by atoms with van der Waals surface area (Å²) in [7, 11) is 0. The monoisotopic (exact) mass is 723 g/mol. The van der Waals surface area contributed by atoms with Crippen LogP contribution in [0.2, 0.25) is 0 Å². The number of piperazine rings is 1. The van der Waals surface area contributed by atoms with Gasteiger partial charge in [-0.1, -0.05) is 25.5 Å². The largest absolute Gasteiger partial charge is 0.483 e. The van der Waals surface area contributed by atoms with Crippen molar-refractivity contribution in [3.05, 3.63) is 70.9 Å². The number of nitrogens with zero attached hydrogens (tertiary/aromatic N) is 4. The maximum atomic E-state index is 14.0. The van der Waals surface area contributed by atoms with Gasteiger partial charge < -0.3 is 34.6 Å². The van der Waals surface area contributed by atoms with E-state index >= 15 is 0 Å². The van der Waals surface area contributed by atoms with E-state index in [1.807, 2.05) is 19.9 Å². The molecule has 278 valence electrons. The third kappa shape index (κ3) is 9.30. The lowest BCUT2D eigenvalue weighted by Crippen LogP contribution is -2.56. The first-order chi connectivity index (χ1) is 24.9. The van der Waals surface area contributed by atoms with Crippen LogP contribution in [-0.2, 0) is 19.1 Å². The van der Waals surface area contributed by atoms with Gasteiger partial charge in [-0.25, -0.2) is 18.6 Å². The highest BCUT2D eigenvalue weighted by Crippen LogP contribution is 2.33. The molecule has 2 aromatic carbocycles. The van der Waals surface area contributed by atoms with Crippen LogP contribution in [0.5, 0.6) is 5.75 Å². The van der Waals surface area contributed by atoms with Crippen molar-refractivity contribution in [2.45, 2.75) is 64.5 Å². The second-order valence-electron chi connectivity index (χ2n) is 13.0. The molecule has 2 saturated heterocycles. The molecule has 1 unspecified atom stereocenters. The molecule has 0 aliphatic carbocycles. The third-order valence-corrected chi connectivity index (χ3v) is 9.24. The first kappa shape index (κ1) is 37.9. The Morgan fingerprint density at radius 3 is 2.44 bits per heavy atom. The van der Waals surface area contributed by atoms with Crippen LogP contribution < -0.4 is 10.1 Å². The van der Waals surface area contributed by atoms with E-state index in [1.165, 1.54) is 21.9 Å². The van der Waals surface area contributed by atoms with Crippen molar-refractivity contribution in [2.24, 2.45) is 0 Å². The first-order valence-corrected chi connectivity index (χ1v) is 17.5. The summed E-state index contributed by atoms with van der Waals surface area (Å²) in [4.78, 5) is 73.6. The molecule has 0 saturated carbocycles. The van der Waals surface area contributed by atoms with Gasteiger partial charge in [-0.15, -0.1) is 0 Å². The molecule has 3 heterocycles. The molecule has 2 fully saturated rings. The zero-order valence-corrected chi connectivity index (χ0v) is 29.2. The van der Waals surface area contributed by atoms with Gasteiger partial charge in [-0.05, 0) is 68.0 Å². The summed E-state index contributed by atoms with van der Waals surface area (Å²) >= 11 is 0. The van der Waals surface area contributed by atoms with Gasteiger partial charge in [-0.2, -0.15) is 0 Å². The zero-order chi connectivity index (χ0) is 37.4. The van der Waals surface area contributed by atoms with E-state index in [-0.39, 0.29) is 56.4 Å². The molecule has 4 amide bonds. The number of aromatic nitrogens is 1. The number of pyridine rings is 1. The fourth-order valence-corrected chi connectivity index (χ4v) is 6.38. The normalized spacial score (nSPS) is 16.5. The molecular formula is C37H43F2N5O8. The minimum Gasteiger partial charge on any atom is -0.483 e. The zero-order valence-electron chi connectivity index (χ0n) is 29.2. The maximum Gasteiger partial charge on any atom is 0.409 e. The van der Waals surface area contributed by atoms with Gasteiger partial charge in [0.2, 0.25) is 5.91 Å². The SMILES string of the molecule is CCCCOC(=O)N1CCN(C(=O)[C@H](CCC(=O)O)NC(=O)c2cc(OCC(=O)N3CCCC3c3ccc(F)c(F)c3)c3ccc(C)cc3n2)CC1. The lowest BCUT2D eigenvalue weighted by Gasteiger charge is -2.36. The Morgan fingerprint density at radius 1 is 0.981 bits per heavy atom. The van der Waals surface area contributed by atoms with Crippen molar-refractivity contribution in [3.63, 3.8) is 0 Å². The summed E-state index contributed by atoms with van der Waals surface area (Å²) in [6, 6.07) is 8.60. The number of halogens is 2. The quantitative estimate of drug-likeness (QED) is 0.240. The number of carbonyl (C=O) groups excluding carboxylic acids is 4. The topological polar surface area (TPSA) is 159 Å². The first-order valence-electron chi connectivity index (χ1n) is 17.5. The molecule has 2 atom stereocenters. The number of benzene rings is 2. The number of rotatable bonds is 13. The minimum absolute atomic E-state index is 0.117. The van der Waals surface area contributed by atoms with Crippen LogP contribution in [0.25, 0.3) is 10.9 Å². The number of carbonyl (C=O) groups is 5. The lowest BCUT2D eigenvalue weighted by molar-refractivity contribution is -0.138. The Kier molecular flexibility index (Phi) is 12.6. The number of aliphatic carboxylic acids is 1. The number of carboxylic acids is 1. The average molecular weight is 724 g/mol. The van der Waals surface area contributed by atoms with E-state index < -0.39 is 54.2 Å². The van der Waals surface area contributed by atoms with Crippen LogP contribution in [0, 0.1) is 18.6 Å². The van der Waals surface area contributed by atoms with Crippen LogP contribution in [0.1, 0.15) is 73.1 Å². The molecule has 0 radical (unpaired) electrons. The van der Waals surface area contributed by atoms with Crippen molar-refractivity contribution < 1.29 is 47.3 Å². The van der Waals surface area contributed by atoms with Gasteiger partial charge in [0.15, 0.2) is 18.2 Å². The molecule has 3 aromatic rings. The summed E-state index contributed by atoms with van der Waals surface area (Å²) in [6.45, 7) is 4.92. The second-order valence-corrected chi connectivity index (χ2v) is 13.0. The minimum atomic E-state index is -1.20. The number of carboxylic acid groups (broad SMARTS) is 1. The van der Waals surface area contributed by atoms with Gasteiger partial charge in [-0.3, -0.25) is 19.2 Å². The molecular weight excluding hydrogens is 680 g/mol. The number of likely N-dealkylation sites (tertiary alicyclic amines) is 1. The van der Waals surface area contributed by atoms with E-state index in [1.54, 1.807) is 17.0 Å². The molecule has 13 nitrogen and oxygen atoms in total. The van der Waals surface area contributed by atoms with E-state index in [0.29, 0.717) is 42.5 Å². The predicted octanol–water partition coefficient (Wildman–Crippen LogP) is 4.61. The highest BCUT2D eigenvalue weighted by atomic mass is 19.2. The number of hydrogen-bond acceptors (Lipinski definition) is 8. The maximum absolute atomic E-state index is 14.0. The van der Waals surface area contributed by atoms with Crippen molar-refractivity contribution in [2.75, 3.05) is 45.9 Å². The average Bonchev–Trinajstić information content (AvgIpc) is 3.63. The molecule has 2 aliphatic rings. The molecule has 2 N–H and O–H groups in total. The number of hydrogen-bond donors (Lipinski definition) is 2. The number of fused-ring (bicyclic) bond motifs is 1. The van der Waals surface area contributed by atoms with Crippen molar-refractivity contribution in [1.29, 1.82) is 0 Å². The molecule has 5 rings (SSSR count). The van der Waals surface area contributed by atoms with Crippen LogP contribution in [-0.4, -0.2) is 107 Å². The van der Waals surface area contributed by atoms with Crippen LogP contribution in [0.15, 0.2) is 42.5 Å². The molecule has 0 spiro atoms. The van der Waals surface area contributed by atoms with Crippen LogP contribution in [0.4, 0.5) is 13.6 Å². The lowest BCUT2D eigenvalue weighted by atomic mass is 10.0. The van der Waals surface area contributed by atoms with E-state index in [0.717, 1.165) is 30.5 Å². The Labute approximate surface area is 299 Å². The van der Waals surface area contributed by atoms with Gasteiger partial charge >= 0.3 is 12.1 Å². The fraction of sp³-hybridized carbons (Fsp3) is 0.459. The molecule has 1 aromatic heterocycles. The standard InChI is InChI=1S/C37H43F2N5O8/c1-3-4-18-51-37(50)43-16-14-42(15-17-43)36(49)28(11-12-34(46)47)41-35(48)30-21-32(25-9-7-23(2)19-29(25)40-30)52-22-33(45)44-13-5-6-31(44)24-8-10-26(38)27(39)20-24/h7-10,19-21,28,31H,3-6,11-18,22H2,1-2H3,(H,41,48)(H,46,47)/t28-,31?/m0/s1. The molecule has 0 bridgehead atoms. The summed E-state index contributed by atoms with van der Waals surface area (Å²) in [5.41, 5.74) is 1.60. The molecule has 52 heavy (non-hydrogen) atoms. The number of nitrogens with one attached hydrogen (secondary N) is 1. The Balaban J connectivity index is 1.30. The summed E-state index contributed by atoms with van der Waals surface area (Å²) in [5.74, 6) is -4.55. The highest BCUT2D eigenvalue weighted by Gasteiger charge is 2.33. The van der Waals surface area contributed by atoms with Crippen LogP contribution >= 0.6 is 0 Å². The van der Waals surface area contributed by atoms with Crippen LogP contribution in [0.3, 0.4) is 0 Å². The van der Waals surface area contributed by atoms with Gasteiger partial charge in [0.05, 0.1) is 18.2 Å². The number of unbranched alkanes of at least 4 members (excludes halogenated alkanes) is 1. The summed E-state index contributed by atoms with van der Waals surface area (Å²) < 4.78 is 38.8. The summed E-state index contributed by atoms with van der Waals surface area (Å²) in [6.07, 6.45) is 1.83. The Hall–Kier alpha value is -5.34. The van der Waals surface area contributed by atoms with Gasteiger partial charge in [0.1, 0.15) is 17.5 Å². The number of ether oxygens (including phenoxy) is 2. The second kappa shape index (κ2) is 17.2. The summed E-state index contributed by atoms with van der Waals surface area (Å²) in [5, 5.41) is 12.5. The predicted molar refractivity (Wildman–Crippen MR) is 185 cm³/mol. The van der Waals surface area contributed by atoms with E-state index in [9.17, 15) is 37.9 Å². The van der Waals surface area contributed by atoms with Gasteiger partial charge in [0.25, 0.3) is 11.8 Å². The smallest absolute Gasteiger partial charge is 0.409 e. The number of aryl methyl sites for hydroxylation is 1. The van der Waals surface area contributed by atoms with Crippen molar-refractivity contribution in [1.82, 2.24) is 25.0 Å². The number of amides is 4. The molecule has 15 heteroatoms. The van der Waals surface area contributed by atoms with E-state index in [2.05, 4.69) is 10.3 Å².